The lowest BCUT2D eigenvalue weighted by Crippen LogP contribution is -2.34. The van der Waals surface area contributed by atoms with E-state index in [4.69, 9.17) is 0 Å². The van der Waals surface area contributed by atoms with Gasteiger partial charge in [-0.3, -0.25) is 4.79 Å². The Bertz CT molecular complexity index is 395. The van der Waals surface area contributed by atoms with Crippen molar-refractivity contribution in [2.24, 2.45) is 7.05 Å². The fourth-order valence-corrected chi connectivity index (χ4v) is 1.42. The van der Waals surface area contributed by atoms with Gasteiger partial charge in [-0.15, -0.1) is 0 Å². The maximum Gasteiger partial charge on any atom is 0.272 e. The Kier molecular flexibility index (Phi) is 4.15. The Hall–Kier alpha value is -1.52. The highest BCUT2D eigenvalue weighted by Crippen LogP contribution is 2.12. The molecule has 0 aliphatic heterocycles. The number of nitrogens with zero attached hydrogens (tertiary/aromatic N) is 3. The van der Waals surface area contributed by atoms with Gasteiger partial charge in [0.05, 0.1) is 6.20 Å². The maximum atomic E-state index is 12.1. The lowest BCUT2D eigenvalue weighted by Gasteiger charge is -2.21. The molecule has 1 amide bonds. The molecule has 0 aliphatic carbocycles. The molecule has 0 aromatic carbocycles. The first-order valence-corrected chi connectivity index (χ1v) is 5.90. The zero-order valence-electron chi connectivity index (χ0n) is 11.5. The highest BCUT2D eigenvalue weighted by atomic mass is 16.2. The molecule has 1 aromatic rings. The molecule has 1 rings (SSSR count). The normalized spacial score (nSPS) is 11.1. The van der Waals surface area contributed by atoms with Crippen LogP contribution in [0.2, 0.25) is 0 Å². The second-order valence-corrected chi connectivity index (χ2v) is 4.83. The first-order valence-electron chi connectivity index (χ1n) is 5.90. The number of nitrogens with one attached hydrogen (secondary N) is 1. The quantitative estimate of drug-likeness (QED) is 0.869. The number of rotatable bonds is 4. The zero-order valence-corrected chi connectivity index (χ0v) is 11.5. The average molecular weight is 238 g/mol. The number of carbonyl (C=O) groups excluding carboxylic acids is 1. The SMILES string of the molecule is CC(C)Nc1ncc(C(=O)N(C)C(C)C)n1C. The second-order valence-electron chi connectivity index (χ2n) is 4.83. The van der Waals surface area contributed by atoms with Gasteiger partial charge in [0.1, 0.15) is 5.69 Å². The number of hydrogen-bond acceptors (Lipinski definition) is 3. The van der Waals surface area contributed by atoms with Crippen LogP contribution < -0.4 is 5.32 Å². The standard InChI is InChI=1S/C12H22N4O/c1-8(2)14-12-13-7-10(16(12)6)11(17)15(5)9(3)4/h7-9H,1-6H3,(H,13,14). The van der Waals surface area contributed by atoms with Gasteiger partial charge < -0.3 is 14.8 Å². The molecule has 0 unspecified atom stereocenters. The summed E-state index contributed by atoms with van der Waals surface area (Å²) in [5.41, 5.74) is 0.601. The first kappa shape index (κ1) is 13.5. The summed E-state index contributed by atoms with van der Waals surface area (Å²) in [5.74, 6) is 0.715. The zero-order chi connectivity index (χ0) is 13.2. The second kappa shape index (κ2) is 5.21. The van der Waals surface area contributed by atoms with Crippen molar-refractivity contribution in [2.45, 2.75) is 39.8 Å². The maximum absolute atomic E-state index is 12.1. The van der Waals surface area contributed by atoms with Gasteiger partial charge in [-0.25, -0.2) is 4.98 Å². The highest BCUT2D eigenvalue weighted by molar-refractivity contribution is 5.93. The van der Waals surface area contributed by atoms with Gasteiger partial charge in [-0.2, -0.15) is 0 Å². The molecule has 5 heteroatoms. The van der Waals surface area contributed by atoms with Crippen molar-refractivity contribution >= 4 is 11.9 Å². The molecular formula is C12H22N4O. The summed E-state index contributed by atoms with van der Waals surface area (Å²) in [7, 11) is 3.65. The van der Waals surface area contributed by atoms with Crippen molar-refractivity contribution in [3.63, 3.8) is 0 Å². The van der Waals surface area contributed by atoms with Crippen LogP contribution in [0.3, 0.4) is 0 Å². The van der Waals surface area contributed by atoms with Gasteiger partial charge in [-0.1, -0.05) is 0 Å². The summed E-state index contributed by atoms with van der Waals surface area (Å²) < 4.78 is 1.79. The lowest BCUT2D eigenvalue weighted by molar-refractivity contribution is 0.0745. The molecule has 1 aromatic heterocycles. The van der Waals surface area contributed by atoms with Crippen LogP contribution in [0.15, 0.2) is 6.20 Å². The van der Waals surface area contributed by atoms with E-state index in [1.807, 2.05) is 34.7 Å². The fraction of sp³-hybridized carbons (Fsp3) is 0.667. The summed E-state index contributed by atoms with van der Waals surface area (Å²) in [4.78, 5) is 18.1. The number of aromatic nitrogens is 2. The van der Waals surface area contributed by atoms with E-state index in [1.54, 1.807) is 22.7 Å². The summed E-state index contributed by atoms with van der Waals surface area (Å²) in [6, 6.07) is 0.473. The van der Waals surface area contributed by atoms with Gasteiger partial charge in [0.2, 0.25) is 5.95 Å². The Morgan fingerprint density at radius 3 is 2.47 bits per heavy atom. The topological polar surface area (TPSA) is 50.2 Å². The number of hydrogen-bond donors (Lipinski definition) is 1. The van der Waals surface area contributed by atoms with Crippen LogP contribution in [-0.4, -0.2) is 39.5 Å². The molecular weight excluding hydrogens is 216 g/mol. The third-order valence-electron chi connectivity index (χ3n) is 2.72. The van der Waals surface area contributed by atoms with Crippen molar-refractivity contribution in [3.05, 3.63) is 11.9 Å². The van der Waals surface area contributed by atoms with E-state index in [2.05, 4.69) is 10.3 Å². The third kappa shape index (κ3) is 2.99. The lowest BCUT2D eigenvalue weighted by atomic mass is 10.3. The minimum atomic E-state index is -0.00759. The van der Waals surface area contributed by atoms with Crippen molar-refractivity contribution in [2.75, 3.05) is 12.4 Å². The van der Waals surface area contributed by atoms with Crippen LogP contribution in [0.25, 0.3) is 0 Å². The van der Waals surface area contributed by atoms with E-state index < -0.39 is 0 Å². The fourth-order valence-electron chi connectivity index (χ4n) is 1.42. The third-order valence-corrected chi connectivity index (χ3v) is 2.72. The average Bonchev–Trinajstić information content (AvgIpc) is 2.57. The number of carbonyl (C=O) groups is 1. The Balaban J connectivity index is 2.93. The molecule has 0 spiro atoms. The minimum absolute atomic E-state index is 0.00759. The van der Waals surface area contributed by atoms with E-state index >= 15 is 0 Å². The largest absolute Gasteiger partial charge is 0.353 e. The van der Waals surface area contributed by atoms with Crippen molar-refractivity contribution in [3.8, 4) is 0 Å². The molecule has 0 saturated carbocycles. The number of imidazole rings is 1. The predicted molar refractivity (Wildman–Crippen MR) is 69.2 cm³/mol. The molecule has 0 saturated heterocycles. The number of amides is 1. The van der Waals surface area contributed by atoms with Crippen LogP contribution in [-0.2, 0) is 7.05 Å². The molecule has 96 valence electrons. The van der Waals surface area contributed by atoms with E-state index in [0.717, 1.165) is 5.95 Å². The molecule has 0 aliphatic rings. The van der Waals surface area contributed by atoms with Gasteiger partial charge in [0.25, 0.3) is 5.91 Å². The van der Waals surface area contributed by atoms with Crippen LogP contribution in [0, 0.1) is 0 Å². The summed E-state index contributed by atoms with van der Waals surface area (Å²) in [5, 5.41) is 3.20. The first-order chi connectivity index (χ1) is 7.84. The van der Waals surface area contributed by atoms with Gasteiger partial charge in [0.15, 0.2) is 0 Å². The molecule has 17 heavy (non-hydrogen) atoms. The Morgan fingerprint density at radius 1 is 1.41 bits per heavy atom. The van der Waals surface area contributed by atoms with E-state index in [0.29, 0.717) is 11.7 Å². The van der Waals surface area contributed by atoms with Gasteiger partial charge in [0, 0.05) is 26.2 Å². The smallest absolute Gasteiger partial charge is 0.272 e. The molecule has 5 nitrogen and oxygen atoms in total. The summed E-state index contributed by atoms with van der Waals surface area (Å²) >= 11 is 0. The van der Waals surface area contributed by atoms with E-state index in [-0.39, 0.29) is 11.9 Å². The van der Waals surface area contributed by atoms with Crippen LogP contribution >= 0.6 is 0 Å². The summed E-state index contributed by atoms with van der Waals surface area (Å²) in [6.07, 6.45) is 1.62. The molecule has 1 N–H and O–H groups in total. The number of anilines is 1. The van der Waals surface area contributed by atoms with E-state index in [1.165, 1.54) is 0 Å². The van der Waals surface area contributed by atoms with Crippen molar-refractivity contribution in [1.82, 2.24) is 14.5 Å². The monoisotopic (exact) mass is 238 g/mol. The summed E-state index contributed by atoms with van der Waals surface area (Å²) in [6.45, 7) is 8.05. The van der Waals surface area contributed by atoms with Gasteiger partial charge in [-0.05, 0) is 27.7 Å². The van der Waals surface area contributed by atoms with Gasteiger partial charge >= 0.3 is 0 Å². The van der Waals surface area contributed by atoms with Crippen molar-refractivity contribution in [1.29, 1.82) is 0 Å². The minimum Gasteiger partial charge on any atom is -0.353 e. The Morgan fingerprint density at radius 2 is 2.00 bits per heavy atom. The molecule has 0 bridgehead atoms. The molecule has 1 heterocycles. The molecule has 0 radical (unpaired) electrons. The van der Waals surface area contributed by atoms with E-state index in [9.17, 15) is 4.79 Å². The van der Waals surface area contributed by atoms with Crippen LogP contribution in [0.5, 0.6) is 0 Å². The van der Waals surface area contributed by atoms with Crippen LogP contribution in [0.4, 0.5) is 5.95 Å². The molecule has 0 fully saturated rings. The Labute approximate surface area is 103 Å². The van der Waals surface area contributed by atoms with Crippen molar-refractivity contribution < 1.29 is 4.79 Å². The predicted octanol–water partition coefficient (Wildman–Crippen LogP) is 1.72. The highest BCUT2D eigenvalue weighted by Gasteiger charge is 2.19. The molecule has 0 atom stereocenters. The van der Waals surface area contributed by atoms with Crippen LogP contribution in [0.1, 0.15) is 38.2 Å².